The second-order valence-electron chi connectivity index (χ2n) is 6.13. The Balaban J connectivity index is 1.69. The molecule has 2 saturated heterocycles. The maximum absolute atomic E-state index is 9.09. The van der Waals surface area contributed by atoms with E-state index in [-0.39, 0.29) is 0 Å². The van der Waals surface area contributed by atoms with Crippen LogP contribution in [-0.2, 0) is 0 Å². The first kappa shape index (κ1) is 14.3. The number of hydrogen-bond acceptors (Lipinski definition) is 3. The number of nitrogens with zero attached hydrogens (tertiary/aromatic N) is 1. The molecule has 0 aliphatic carbocycles. The van der Waals surface area contributed by atoms with Crippen molar-refractivity contribution in [1.82, 2.24) is 10.2 Å². The standard InChI is InChI=1S/C15H30N2O/c1-2-4-13(7-10-18)12-16-14-6-9-17-8-3-5-15(17)11-14/h13-16,18H,2-12H2,1H3. The van der Waals surface area contributed by atoms with Crippen molar-refractivity contribution in [1.29, 1.82) is 0 Å². The molecule has 0 spiro atoms. The lowest BCUT2D eigenvalue weighted by Crippen LogP contribution is -2.46. The number of nitrogens with one attached hydrogen (secondary N) is 1. The van der Waals surface area contributed by atoms with Crippen LogP contribution in [0.3, 0.4) is 0 Å². The maximum atomic E-state index is 9.09. The summed E-state index contributed by atoms with van der Waals surface area (Å²) in [5.74, 6) is 0.668. The summed E-state index contributed by atoms with van der Waals surface area (Å²) >= 11 is 0. The molecule has 3 heteroatoms. The molecule has 2 heterocycles. The summed E-state index contributed by atoms with van der Waals surface area (Å²) in [5.41, 5.74) is 0. The first-order chi connectivity index (χ1) is 8.83. The fourth-order valence-corrected chi connectivity index (χ4v) is 3.68. The van der Waals surface area contributed by atoms with Crippen LogP contribution >= 0.6 is 0 Å². The summed E-state index contributed by atoms with van der Waals surface area (Å²) in [6.45, 7) is 6.31. The van der Waals surface area contributed by atoms with Crippen molar-refractivity contribution in [3.63, 3.8) is 0 Å². The van der Waals surface area contributed by atoms with Crippen molar-refractivity contribution in [2.24, 2.45) is 5.92 Å². The number of aliphatic hydroxyl groups is 1. The average molecular weight is 254 g/mol. The van der Waals surface area contributed by atoms with Crippen LogP contribution in [0.5, 0.6) is 0 Å². The van der Waals surface area contributed by atoms with Gasteiger partial charge >= 0.3 is 0 Å². The molecule has 3 nitrogen and oxygen atoms in total. The van der Waals surface area contributed by atoms with Crippen LogP contribution in [0.25, 0.3) is 0 Å². The third-order valence-corrected chi connectivity index (χ3v) is 4.75. The van der Waals surface area contributed by atoms with Gasteiger partial charge < -0.3 is 15.3 Å². The Bertz CT molecular complexity index is 229. The molecule has 2 N–H and O–H groups in total. The minimum atomic E-state index is 0.341. The summed E-state index contributed by atoms with van der Waals surface area (Å²) < 4.78 is 0. The zero-order chi connectivity index (χ0) is 12.8. The number of rotatable bonds is 7. The fourth-order valence-electron chi connectivity index (χ4n) is 3.68. The zero-order valence-electron chi connectivity index (χ0n) is 11.9. The number of aliphatic hydroxyl groups excluding tert-OH is 1. The molecule has 0 amide bonds. The normalized spacial score (nSPS) is 30.3. The third-order valence-electron chi connectivity index (χ3n) is 4.75. The highest BCUT2D eigenvalue weighted by Gasteiger charge is 2.31. The van der Waals surface area contributed by atoms with Crippen molar-refractivity contribution >= 4 is 0 Å². The highest BCUT2D eigenvalue weighted by atomic mass is 16.3. The van der Waals surface area contributed by atoms with E-state index >= 15 is 0 Å². The second kappa shape index (κ2) is 7.46. The Kier molecular flexibility index (Phi) is 5.93. The van der Waals surface area contributed by atoms with E-state index in [0.29, 0.717) is 12.5 Å². The van der Waals surface area contributed by atoms with Crippen molar-refractivity contribution in [2.75, 3.05) is 26.2 Å². The topological polar surface area (TPSA) is 35.5 Å². The van der Waals surface area contributed by atoms with Gasteiger partial charge in [-0.1, -0.05) is 13.3 Å². The lowest BCUT2D eigenvalue weighted by molar-refractivity contribution is 0.161. The molecule has 3 atom stereocenters. The molecule has 3 unspecified atom stereocenters. The number of hydrogen-bond donors (Lipinski definition) is 2. The van der Waals surface area contributed by atoms with Gasteiger partial charge in [0.25, 0.3) is 0 Å². The van der Waals surface area contributed by atoms with Gasteiger partial charge in [-0.15, -0.1) is 0 Å². The molecule has 2 aliphatic heterocycles. The summed E-state index contributed by atoms with van der Waals surface area (Å²) in [6, 6.07) is 1.58. The van der Waals surface area contributed by atoms with Gasteiger partial charge in [0.2, 0.25) is 0 Å². The van der Waals surface area contributed by atoms with Crippen LogP contribution in [0.1, 0.15) is 51.9 Å². The Morgan fingerprint density at radius 1 is 1.28 bits per heavy atom. The summed E-state index contributed by atoms with van der Waals surface area (Å²) in [7, 11) is 0. The largest absolute Gasteiger partial charge is 0.396 e. The van der Waals surface area contributed by atoms with Gasteiger partial charge in [0.1, 0.15) is 0 Å². The molecule has 0 aromatic heterocycles. The van der Waals surface area contributed by atoms with E-state index in [1.165, 1.54) is 51.6 Å². The van der Waals surface area contributed by atoms with Crippen molar-refractivity contribution in [2.45, 2.75) is 64.0 Å². The fraction of sp³-hybridized carbons (Fsp3) is 1.00. The predicted molar refractivity (Wildman–Crippen MR) is 75.7 cm³/mol. The minimum absolute atomic E-state index is 0.341. The summed E-state index contributed by atoms with van der Waals surface area (Å²) in [4.78, 5) is 2.68. The third kappa shape index (κ3) is 3.94. The molecule has 2 rings (SSSR count). The Labute approximate surface area is 112 Å². The molecule has 0 radical (unpaired) electrons. The quantitative estimate of drug-likeness (QED) is 0.729. The van der Waals surface area contributed by atoms with E-state index in [9.17, 15) is 0 Å². The molecule has 2 aliphatic rings. The van der Waals surface area contributed by atoms with Gasteiger partial charge in [-0.05, 0) is 64.1 Å². The molecule has 2 fully saturated rings. The molecule has 0 saturated carbocycles. The lowest BCUT2D eigenvalue weighted by atomic mass is 9.95. The van der Waals surface area contributed by atoms with E-state index in [4.69, 9.17) is 5.11 Å². The van der Waals surface area contributed by atoms with Crippen LogP contribution in [0, 0.1) is 5.92 Å². The van der Waals surface area contributed by atoms with E-state index in [1.807, 2.05) is 0 Å². The summed E-state index contributed by atoms with van der Waals surface area (Å²) in [6.07, 6.45) is 8.91. The monoisotopic (exact) mass is 254 g/mol. The van der Waals surface area contributed by atoms with E-state index in [1.54, 1.807) is 0 Å². The minimum Gasteiger partial charge on any atom is -0.396 e. The summed E-state index contributed by atoms with van der Waals surface area (Å²) in [5, 5.41) is 12.9. The van der Waals surface area contributed by atoms with Crippen LogP contribution in [0.2, 0.25) is 0 Å². The van der Waals surface area contributed by atoms with Gasteiger partial charge in [0.05, 0.1) is 0 Å². The molecule has 0 bridgehead atoms. The first-order valence-electron chi connectivity index (χ1n) is 7.91. The molecule has 0 aromatic rings. The smallest absolute Gasteiger partial charge is 0.0434 e. The van der Waals surface area contributed by atoms with Gasteiger partial charge in [0, 0.05) is 18.7 Å². The molecule has 106 valence electrons. The van der Waals surface area contributed by atoms with Gasteiger partial charge in [-0.2, -0.15) is 0 Å². The van der Waals surface area contributed by atoms with E-state index in [0.717, 1.165) is 25.0 Å². The predicted octanol–water partition coefficient (Wildman–Crippen LogP) is 2.00. The van der Waals surface area contributed by atoms with Crippen LogP contribution < -0.4 is 5.32 Å². The highest BCUT2D eigenvalue weighted by molar-refractivity contribution is 4.89. The second-order valence-corrected chi connectivity index (χ2v) is 6.13. The lowest BCUT2D eigenvalue weighted by Gasteiger charge is -2.36. The average Bonchev–Trinajstić information content (AvgIpc) is 2.84. The van der Waals surface area contributed by atoms with Gasteiger partial charge in [-0.25, -0.2) is 0 Å². The molecular weight excluding hydrogens is 224 g/mol. The van der Waals surface area contributed by atoms with Crippen molar-refractivity contribution in [3.05, 3.63) is 0 Å². The van der Waals surface area contributed by atoms with Crippen LogP contribution in [-0.4, -0.2) is 48.3 Å². The van der Waals surface area contributed by atoms with E-state index < -0.39 is 0 Å². The van der Waals surface area contributed by atoms with Gasteiger partial charge in [-0.3, -0.25) is 0 Å². The Morgan fingerprint density at radius 3 is 2.94 bits per heavy atom. The first-order valence-corrected chi connectivity index (χ1v) is 7.91. The molecule has 18 heavy (non-hydrogen) atoms. The molecule has 0 aromatic carbocycles. The SMILES string of the molecule is CCCC(CCO)CNC1CCN2CCCC2C1. The van der Waals surface area contributed by atoms with Crippen LogP contribution in [0.4, 0.5) is 0 Å². The zero-order valence-corrected chi connectivity index (χ0v) is 11.9. The van der Waals surface area contributed by atoms with Crippen molar-refractivity contribution < 1.29 is 5.11 Å². The highest BCUT2D eigenvalue weighted by Crippen LogP contribution is 2.27. The van der Waals surface area contributed by atoms with E-state index in [2.05, 4.69) is 17.1 Å². The van der Waals surface area contributed by atoms with Crippen molar-refractivity contribution in [3.8, 4) is 0 Å². The maximum Gasteiger partial charge on any atom is 0.0434 e. The number of fused-ring (bicyclic) bond motifs is 1. The molecular formula is C15H30N2O. The Hall–Kier alpha value is -0.120. The van der Waals surface area contributed by atoms with Crippen LogP contribution in [0.15, 0.2) is 0 Å². The number of piperidine rings is 1. The van der Waals surface area contributed by atoms with Gasteiger partial charge in [0.15, 0.2) is 0 Å². The Morgan fingerprint density at radius 2 is 2.17 bits per heavy atom.